The molecule has 144 valence electrons. The van der Waals surface area contributed by atoms with Gasteiger partial charge in [0.15, 0.2) is 0 Å². The molecule has 4 rings (SSSR count). The van der Waals surface area contributed by atoms with Crippen LogP contribution >= 0.6 is 8.59 Å². The topological polar surface area (TPSA) is 30.2 Å². The average Bonchev–Trinajstić information content (AvgIpc) is 3.27. The predicted molar refractivity (Wildman–Crippen MR) is 124 cm³/mol. The number of aliphatic imine (C=N–C) groups is 1. The molecule has 3 nitrogen and oxygen atoms in total. The molecule has 0 amide bonds. The molecular weight excluding hydrogens is 477 g/mol. The van der Waals surface area contributed by atoms with Gasteiger partial charge in [-0.25, -0.2) is 0 Å². The first-order valence-electron chi connectivity index (χ1n) is 9.96. The molecule has 1 aliphatic heterocycles. The van der Waals surface area contributed by atoms with Gasteiger partial charge in [-0.05, 0) is 0 Å². The number of benzene rings is 2. The van der Waals surface area contributed by atoms with E-state index in [9.17, 15) is 0 Å². The Bertz CT molecular complexity index is 1030. The fraction of sp³-hybridized carbons (Fsp3) is 0.250. The molecule has 0 fully saturated rings. The Hall–Kier alpha value is -1.72. The third-order valence-electron chi connectivity index (χ3n) is 5.64. The minimum atomic E-state index is -0.342. The van der Waals surface area contributed by atoms with E-state index in [1.807, 2.05) is 0 Å². The van der Waals surface area contributed by atoms with Gasteiger partial charge in [0.1, 0.15) is 0 Å². The minimum absolute atomic E-state index is 0.342. The molecule has 2 heterocycles. The van der Waals surface area contributed by atoms with Gasteiger partial charge >= 0.3 is 191 Å². The molecule has 29 heavy (non-hydrogen) atoms. The molecule has 1 aliphatic rings. The zero-order chi connectivity index (χ0) is 20.4. The predicted octanol–water partition coefficient (Wildman–Crippen LogP) is 5.71. The Kier molecular flexibility index (Phi) is 6.07. The summed E-state index contributed by atoms with van der Waals surface area (Å²) in [4.78, 5) is 10.0. The van der Waals surface area contributed by atoms with Crippen molar-refractivity contribution in [1.82, 2.24) is 9.55 Å². The summed E-state index contributed by atoms with van der Waals surface area (Å²) in [5, 5.41) is 1.05. The third-order valence-corrected chi connectivity index (χ3v) is 7.93. The van der Waals surface area contributed by atoms with Crippen molar-refractivity contribution in [2.45, 2.75) is 44.2 Å². The summed E-state index contributed by atoms with van der Waals surface area (Å²) in [6, 6.07) is 21.6. The number of aryl methyl sites for hydroxylation is 1. The molecule has 0 bridgehead atoms. The Morgan fingerprint density at radius 2 is 1.55 bits per heavy atom. The Morgan fingerprint density at radius 3 is 2.07 bits per heavy atom. The van der Waals surface area contributed by atoms with E-state index in [4.69, 9.17) is 9.98 Å². The molecular formula is C24H24InN3S. The van der Waals surface area contributed by atoms with Gasteiger partial charge < -0.3 is 0 Å². The van der Waals surface area contributed by atoms with Crippen molar-refractivity contribution >= 4 is 43.0 Å². The van der Waals surface area contributed by atoms with Gasteiger partial charge in [0, 0.05) is 0 Å². The molecule has 3 aromatic rings. The average molecular weight is 501 g/mol. The van der Waals surface area contributed by atoms with Crippen molar-refractivity contribution in [2.75, 3.05) is 0 Å². The van der Waals surface area contributed by atoms with E-state index in [1.54, 1.807) is 8.59 Å². The van der Waals surface area contributed by atoms with Gasteiger partial charge in [-0.2, -0.15) is 0 Å². The summed E-state index contributed by atoms with van der Waals surface area (Å²) >= 11 is 1.07. The molecule has 0 saturated heterocycles. The summed E-state index contributed by atoms with van der Waals surface area (Å²) in [5.41, 5.74) is 5.65. The standard InChI is InChI=1S/C24H25N3S.In/c1-4-11-21-24(19-12-7-5-8-13-19,20-14-9-6-10-15-20)16-22(26-21)27-18(3)17(2)25-23(27)28;/h5-10,12-16H,4,11H2,1-3H3,(H,25,28);/q;+1/p-1. The van der Waals surface area contributed by atoms with E-state index in [2.05, 4.69) is 92.1 Å². The Balaban J connectivity index is 2.01. The monoisotopic (exact) mass is 501 g/mol. The van der Waals surface area contributed by atoms with Crippen molar-refractivity contribution < 1.29 is 0 Å². The normalized spacial score (nSPS) is 15.3. The van der Waals surface area contributed by atoms with Gasteiger partial charge in [-0.1, -0.05) is 0 Å². The zero-order valence-corrected chi connectivity index (χ0v) is 21.2. The van der Waals surface area contributed by atoms with Crippen LogP contribution < -0.4 is 0 Å². The molecule has 0 aliphatic carbocycles. The first-order chi connectivity index (χ1) is 14.1. The van der Waals surface area contributed by atoms with E-state index in [1.165, 1.54) is 22.5 Å². The van der Waals surface area contributed by atoms with Crippen molar-refractivity contribution in [3.63, 3.8) is 0 Å². The summed E-state index contributed by atoms with van der Waals surface area (Å²) < 4.78 is 2.24. The van der Waals surface area contributed by atoms with Gasteiger partial charge in [0.25, 0.3) is 0 Å². The van der Waals surface area contributed by atoms with E-state index >= 15 is 0 Å². The van der Waals surface area contributed by atoms with E-state index < -0.39 is 0 Å². The summed E-state index contributed by atoms with van der Waals surface area (Å²) in [7, 11) is 1.80. The maximum absolute atomic E-state index is 5.24. The number of hydrogen-bond acceptors (Lipinski definition) is 3. The SMILES string of the molecule is CCCC1=NC(n2c([S][In])nc(C)c2C)=CC1(c1ccccc1)c1ccccc1. The molecule has 1 aromatic heterocycles. The van der Waals surface area contributed by atoms with Crippen LogP contribution in [0.1, 0.15) is 42.3 Å². The van der Waals surface area contributed by atoms with Crippen molar-refractivity contribution in [1.29, 1.82) is 0 Å². The first kappa shape index (κ1) is 20.5. The fourth-order valence-electron chi connectivity index (χ4n) is 4.14. The van der Waals surface area contributed by atoms with Crippen LogP contribution in [0.3, 0.4) is 0 Å². The molecule has 2 aromatic carbocycles. The molecule has 0 N–H and O–H groups in total. The van der Waals surface area contributed by atoms with Gasteiger partial charge in [-0.15, -0.1) is 0 Å². The summed E-state index contributed by atoms with van der Waals surface area (Å²) in [6.45, 7) is 6.45. The molecule has 0 unspecified atom stereocenters. The number of nitrogens with zero attached hydrogens (tertiary/aromatic N) is 3. The fourth-order valence-corrected chi connectivity index (χ4v) is 6.02. The third kappa shape index (κ3) is 3.53. The van der Waals surface area contributed by atoms with Crippen molar-refractivity contribution in [2.24, 2.45) is 4.99 Å². The quantitative estimate of drug-likeness (QED) is 0.433. The second-order valence-corrected chi connectivity index (χ2v) is 9.99. The number of aromatic nitrogens is 2. The van der Waals surface area contributed by atoms with E-state index in [-0.39, 0.29) is 5.41 Å². The number of rotatable bonds is 6. The Morgan fingerprint density at radius 1 is 0.966 bits per heavy atom. The van der Waals surface area contributed by atoms with Crippen LogP contribution in [-0.4, -0.2) is 38.2 Å². The second kappa shape index (κ2) is 8.57. The van der Waals surface area contributed by atoms with Crippen LogP contribution in [0.15, 0.2) is 76.9 Å². The maximum atomic E-state index is 5.24. The van der Waals surface area contributed by atoms with Crippen LogP contribution in [0.2, 0.25) is 0 Å². The first-order valence-corrected chi connectivity index (χ1v) is 14.9. The molecule has 2 radical (unpaired) electrons. The van der Waals surface area contributed by atoms with Gasteiger partial charge in [-0.3, -0.25) is 0 Å². The van der Waals surface area contributed by atoms with Crippen LogP contribution in [-0.2, 0) is 5.41 Å². The van der Waals surface area contributed by atoms with Crippen LogP contribution in [0.25, 0.3) is 5.82 Å². The number of imidazole rings is 1. The van der Waals surface area contributed by atoms with Gasteiger partial charge in [0.2, 0.25) is 0 Å². The summed E-state index contributed by atoms with van der Waals surface area (Å²) in [6.07, 6.45) is 4.38. The molecule has 5 heteroatoms. The number of allylic oxidation sites excluding steroid dienone is 1. The van der Waals surface area contributed by atoms with Crippen molar-refractivity contribution in [3.05, 3.63) is 89.3 Å². The zero-order valence-electron chi connectivity index (χ0n) is 17.1. The Labute approximate surface area is 190 Å². The molecule has 0 spiro atoms. The van der Waals surface area contributed by atoms with Crippen LogP contribution in [0.4, 0.5) is 0 Å². The van der Waals surface area contributed by atoms with E-state index in [0.717, 1.165) is 52.4 Å². The molecule has 0 saturated carbocycles. The summed E-state index contributed by atoms with van der Waals surface area (Å²) in [5.74, 6) is 0.996. The van der Waals surface area contributed by atoms with Crippen molar-refractivity contribution in [3.8, 4) is 0 Å². The second-order valence-electron chi connectivity index (χ2n) is 7.37. The van der Waals surface area contributed by atoms with Crippen LogP contribution in [0, 0.1) is 13.8 Å². The van der Waals surface area contributed by atoms with E-state index in [0.29, 0.717) is 0 Å². The number of hydrogen-bond donors (Lipinski definition) is 0. The molecule has 0 atom stereocenters. The van der Waals surface area contributed by atoms with Crippen LogP contribution in [0.5, 0.6) is 0 Å². The van der Waals surface area contributed by atoms with Gasteiger partial charge in [0.05, 0.1) is 0 Å².